The van der Waals surface area contributed by atoms with Gasteiger partial charge in [-0.15, -0.1) is 10.2 Å². The van der Waals surface area contributed by atoms with E-state index in [2.05, 4.69) is 20.2 Å². The standard InChI is InChI=1S/C7H7N5S/c1-4-9-2-5(3-10-4)6-11-12-7(8)13-6/h2-3H,1H3,(H2,8,12). The average Bonchev–Trinajstić information content (AvgIpc) is 2.53. The number of anilines is 1. The smallest absolute Gasteiger partial charge is 0.203 e. The fourth-order valence-corrected chi connectivity index (χ4v) is 1.44. The first-order valence-corrected chi connectivity index (χ1v) is 4.45. The second kappa shape index (κ2) is 3.06. The Morgan fingerprint density at radius 3 is 2.46 bits per heavy atom. The van der Waals surface area contributed by atoms with E-state index in [1.165, 1.54) is 11.3 Å². The fourth-order valence-electron chi connectivity index (χ4n) is 0.854. The van der Waals surface area contributed by atoms with Crippen LogP contribution in [0.5, 0.6) is 0 Å². The molecular weight excluding hydrogens is 186 g/mol. The van der Waals surface area contributed by atoms with Gasteiger partial charge < -0.3 is 5.73 Å². The molecule has 6 heteroatoms. The number of hydrogen-bond acceptors (Lipinski definition) is 6. The molecule has 0 unspecified atom stereocenters. The Morgan fingerprint density at radius 1 is 1.23 bits per heavy atom. The largest absolute Gasteiger partial charge is 0.374 e. The van der Waals surface area contributed by atoms with Crippen molar-refractivity contribution in [3.05, 3.63) is 18.2 Å². The van der Waals surface area contributed by atoms with E-state index in [9.17, 15) is 0 Å². The minimum Gasteiger partial charge on any atom is -0.374 e. The first-order valence-electron chi connectivity index (χ1n) is 3.64. The third-order valence-corrected chi connectivity index (χ3v) is 2.27. The third-order valence-electron chi connectivity index (χ3n) is 1.47. The summed E-state index contributed by atoms with van der Waals surface area (Å²) in [4.78, 5) is 8.10. The zero-order chi connectivity index (χ0) is 9.26. The van der Waals surface area contributed by atoms with E-state index in [1.54, 1.807) is 12.4 Å². The van der Waals surface area contributed by atoms with Crippen molar-refractivity contribution in [2.24, 2.45) is 0 Å². The van der Waals surface area contributed by atoms with Crippen LogP contribution in [0.3, 0.4) is 0 Å². The minimum absolute atomic E-state index is 0.454. The van der Waals surface area contributed by atoms with Gasteiger partial charge in [-0.25, -0.2) is 9.97 Å². The van der Waals surface area contributed by atoms with Crippen molar-refractivity contribution < 1.29 is 0 Å². The molecule has 0 aromatic carbocycles. The summed E-state index contributed by atoms with van der Waals surface area (Å²) in [5.74, 6) is 0.737. The van der Waals surface area contributed by atoms with Crippen LogP contribution >= 0.6 is 11.3 Å². The van der Waals surface area contributed by atoms with Crippen molar-refractivity contribution in [1.29, 1.82) is 0 Å². The van der Waals surface area contributed by atoms with Crippen molar-refractivity contribution in [2.75, 3.05) is 5.73 Å². The van der Waals surface area contributed by atoms with Gasteiger partial charge in [-0.05, 0) is 6.92 Å². The molecule has 2 aromatic heterocycles. The monoisotopic (exact) mass is 193 g/mol. The number of aromatic nitrogens is 4. The quantitative estimate of drug-likeness (QED) is 0.727. The third kappa shape index (κ3) is 1.62. The summed E-state index contributed by atoms with van der Waals surface area (Å²) < 4.78 is 0. The number of rotatable bonds is 1. The highest BCUT2D eigenvalue weighted by atomic mass is 32.1. The molecule has 66 valence electrons. The van der Waals surface area contributed by atoms with E-state index in [0.717, 1.165) is 16.4 Å². The molecule has 2 aromatic rings. The van der Waals surface area contributed by atoms with Crippen LogP contribution in [0.4, 0.5) is 5.13 Å². The van der Waals surface area contributed by atoms with Gasteiger partial charge in [0.05, 0.1) is 0 Å². The predicted molar refractivity (Wildman–Crippen MR) is 50.1 cm³/mol. The SMILES string of the molecule is Cc1ncc(-c2nnc(N)s2)cn1. The van der Waals surface area contributed by atoms with E-state index in [0.29, 0.717) is 5.13 Å². The molecule has 2 N–H and O–H groups in total. The number of nitrogens with two attached hydrogens (primary N) is 1. The van der Waals surface area contributed by atoms with E-state index in [4.69, 9.17) is 5.73 Å². The van der Waals surface area contributed by atoms with Crippen molar-refractivity contribution in [3.63, 3.8) is 0 Å². The van der Waals surface area contributed by atoms with Gasteiger partial charge in [0.2, 0.25) is 5.13 Å². The molecule has 5 nitrogen and oxygen atoms in total. The second-order valence-corrected chi connectivity index (χ2v) is 3.47. The van der Waals surface area contributed by atoms with E-state index in [1.807, 2.05) is 6.92 Å². The molecule has 0 spiro atoms. The van der Waals surface area contributed by atoms with Gasteiger partial charge in [0.1, 0.15) is 5.82 Å². The Labute approximate surface area is 78.7 Å². The molecule has 13 heavy (non-hydrogen) atoms. The summed E-state index contributed by atoms with van der Waals surface area (Å²) in [7, 11) is 0. The molecule has 2 rings (SSSR count). The van der Waals surface area contributed by atoms with Crippen LogP contribution in [0.1, 0.15) is 5.82 Å². The summed E-state index contributed by atoms with van der Waals surface area (Å²) in [6, 6.07) is 0. The molecular formula is C7H7N5S. The van der Waals surface area contributed by atoms with Gasteiger partial charge in [-0.1, -0.05) is 11.3 Å². The summed E-state index contributed by atoms with van der Waals surface area (Å²) in [6.45, 7) is 1.83. The summed E-state index contributed by atoms with van der Waals surface area (Å²) in [6.07, 6.45) is 3.42. The van der Waals surface area contributed by atoms with E-state index < -0.39 is 0 Å². The van der Waals surface area contributed by atoms with Gasteiger partial charge >= 0.3 is 0 Å². The highest BCUT2D eigenvalue weighted by Crippen LogP contribution is 2.22. The van der Waals surface area contributed by atoms with Gasteiger partial charge in [0.25, 0.3) is 0 Å². The lowest BCUT2D eigenvalue weighted by Crippen LogP contribution is -1.86. The Kier molecular flexibility index (Phi) is 1.90. The van der Waals surface area contributed by atoms with Crippen LogP contribution in [0.2, 0.25) is 0 Å². The van der Waals surface area contributed by atoms with Crippen LogP contribution in [0, 0.1) is 6.92 Å². The fraction of sp³-hybridized carbons (Fsp3) is 0.143. The van der Waals surface area contributed by atoms with E-state index in [-0.39, 0.29) is 0 Å². The predicted octanol–water partition coefficient (Wildman–Crippen LogP) is 0.886. The lowest BCUT2D eigenvalue weighted by atomic mass is 10.4. The maximum atomic E-state index is 5.45. The Morgan fingerprint density at radius 2 is 1.92 bits per heavy atom. The normalized spacial score (nSPS) is 10.2. The molecule has 0 radical (unpaired) electrons. The summed E-state index contributed by atoms with van der Waals surface area (Å²) in [5, 5.41) is 8.79. The van der Waals surface area contributed by atoms with Crippen LogP contribution < -0.4 is 5.73 Å². The van der Waals surface area contributed by atoms with Gasteiger partial charge in [0.15, 0.2) is 5.01 Å². The molecule has 0 amide bonds. The Balaban J connectivity index is 2.41. The molecule has 0 aliphatic carbocycles. The maximum absolute atomic E-state index is 5.45. The number of aryl methyl sites for hydroxylation is 1. The Hall–Kier alpha value is -1.56. The van der Waals surface area contributed by atoms with Crippen molar-refractivity contribution in [3.8, 4) is 10.6 Å². The summed E-state index contributed by atoms with van der Waals surface area (Å²) in [5.41, 5.74) is 6.30. The molecule has 0 aliphatic heterocycles. The van der Waals surface area contributed by atoms with Gasteiger partial charge in [-0.2, -0.15) is 0 Å². The minimum atomic E-state index is 0.454. The zero-order valence-electron chi connectivity index (χ0n) is 6.93. The average molecular weight is 193 g/mol. The lowest BCUT2D eigenvalue weighted by molar-refractivity contribution is 1.04. The van der Waals surface area contributed by atoms with Gasteiger partial charge in [-0.3, -0.25) is 0 Å². The molecule has 0 saturated carbocycles. The Bertz CT molecular complexity index is 407. The van der Waals surface area contributed by atoms with Crippen molar-refractivity contribution in [2.45, 2.75) is 6.92 Å². The van der Waals surface area contributed by atoms with Crippen molar-refractivity contribution >= 4 is 16.5 Å². The number of nitrogens with zero attached hydrogens (tertiary/aromatic N) is 4. The summed E-state index contributed by atoms with van der Waals surface area (Å²) >= 11 is 1.32. The van der Waals surface area contributed by atoms with Crippen LogP contribution in [-0.2, 0) is 0 Å². The zero-order valence-corrected chi connectivity index (χ0v) is 7.75. The first kappa shape index (κ1) is 8.06. The number of nitrogen functional groups attached to an aromatic ring is 1. The first-order chi connectivity index (χ1) is 6.25. The van der Waals surface area contributed by atoms with Crippen LogP contribution in [0.15, 0.2) is 12.4 Å². The molecule has 0 bridgehead atoms. The van der Waals surface area contributed by atoms with Crippen molar-refractivity contribution in [1.82, 2.24) is 20.2 Å². The maximum Gasteiger partial charge on any atom is 0.203 e. The second-order valence-electron chi connectivity index (χ2n) is 2.46. The molecule has 0 saturated heterocycles. The lowest BCUT2D eigenvalue weighted by Gasteiger charge is -1.93. The van der Waals surface area contributed by atoms with Gasteiger partial charge in [0, 0.05) is 18.0 Å². The molecule has 0 aliphatic rings. The molecule has 0 atom stereocenters. The van der Waals surface area contributed by atoms with E-state index >= 15 is 0 Å². The highest BCUT2D eigenvalue weighted by molar-refractivity contribution is 7.18. The topological polar surface area (TPSA) is 77.6 Å². The number of hydrogen-bond donors (Lipinski definition) is 1. The molecule has 2 heterocycles. The van der Waals surface area contributed by atoms with Crippen LogP contribution in [0.25, 0.3) is 10.6 Å². The highest BCUT2D eigenvalue weighted by Gasteiger charge is 2.04. The molecule has 0 fully saturated rings. The van der Waals surface area contributed by atoms with Crippen LogP contribution in [-0.4, -0.2) is 20.2 Å².